The summed E-state index contributed by atoms with van der Waals surface area (Å²) < 4.78 is 35.5. The Morgan fingerprint density at radius 3 is 2.79 bits per heavy atom. The van der Waals surface area contributed by atoms with Gasteiger partial charge in [0.1, 0.15) is 41.4 Å². The number of H-pyrrole nitrogens is 1. The molecule has 4 N–H and O–H groups in total. The summed E-state index contributed by atoms with van der Waals surface area (Å²) in [4.78, 5) is 35.4. The van der Waals surface area contributed by atoms with Crippen molar-refractivity contribution in [3.8, 4) is 23.2 Å². The monoisotopic (exact) mass is 605 g/mol. The summed E-state index contributed by atoms with van der Waals surface area (Å²) in [6, 6.07) is 5.38. The molecule has 4 fully saturated rings. The van der Waals surface area contributed by atoms with E-state index in [2.05, 4.69) is 36.1 Å². The molecule has 0 spiro atoms. The van der Waals surface area contributed by atoms with Crippen LogP contribution in [0.5, 0.6) is 6.01 Å². The molecule has 11 nitrogen and oxygen atoms in total. The fourth-order valence-corrected chi connectivity index (χ4v) is 8.34. The van der Waals surface area contributed by atoms with E-state index in [4.69, 9.17) is 15.5 Å². The second-order valence-corrected chi connectivity index (χ2v) is 13.1. The van der Waals surface area contributed by atoms with Crippen LogP contribution >= 0.6 is 11.3 Å². The molecular weight excluding hydrogens is 576 g/mol. The predicted octanol–water partition coefficient (Wildman–Crippen LogP) is 3.08. The Morgan fingerprint density at radius 1 is 1.19 bits per heavy atom. The van der Waals surface area contributed by atoms with E-state index in [0.717, 1.165) is 43.6 Å². The van der Waals surface area contributed by atoms with Gasteiger partial charge in [-0.2, -0.15) is 15.2 Å². The molecule has 0 amide bonds. The molecule has 0 radical (unpaired) electrons. The number of aromatic nitrogens is 4. The van der Waals surface area contributed by atoms with E-state index in [1.165, 1.54) is 12.1 Å². The molecule has 7 heterocycles. The molecule has 4 saturated heterocycles. The second-order valence-electron chi connectivity index (χ2n) is 12.1. The summed E-state index contributed by atoms with van der Waals surface area (Å²) in [6.45, 7) is 2.77. The van der Waals surface area contributed by atoms with Crippen LogP contribution in [0.15, 0.2) is 16.9 Å². The number of nitrogens with one attached hydrogen (secondary N) is 2. The molecule has 2 unspecified atom stereocenters. The maximum atomic E-state index is 14.6. The maximum absolute atomic E-state index is 14.6. The minimum Gasteiger partial charge on any atom is -0.461 e. The van der Waals surface area contributed by atoms with Gasteiger partial charge in [-0.1, -0.05) is 11.3 Å². The van der Waals surface area contributed by atoms with Crippen LogP contribution in [0.2, 0.25) is 0 Å². The lowest BCUT2D eigenvalue weighted by atomic mass is 9.95. The highest BCUT2D eigenvalue weighted by Crippen LogP contribution is 2.41. The van der Waals surface area contributed by atoms with Gasteiger partial charge in [-0.15, -0.1) is 0 Å². The van der Waals surface area contributed by atoms with Gasteiger partial charge in [0.25, 0.3) is 0 Å². The molecule has 3 aromatic heterocycles. The summed E-state index contributed by atoms with van der Waals surface area (Å²) in [5.41, 5.74) is 5.85. The number of nitrogen functional groups attached to an aromatic ring is 1. The number of halogens is 2. The third kappa shape index (κ3) is 4.24. The van der Waals surface area contributed by atoms with Crippen LogP contribution in [0.1, 0.15) is 37.8 Å². The van der Waals surface area contributed by atoms with Gasteiger partial charge in [0.15, 0.2) is 10.9 Å². The van der Waals surface area contributed by atoms with Crippen molar-refractivity contribution in [2.75, 3.05) is 43.4 Å². The second kappa shape index (κ2) is 9.80. The van der Waals surface area contributed by atoms with Crippen LogP contribution in [0.25, 0.3) is 32.4 Å². The van der Waals surface area contributed by atoms with Gasteiger partial charge in [-0.05, 0) is 44.4 Å². The smallest absolute Gasteiger partial charge is 0.319 e. The summed E-state index contributed by atoms with van der Waals surface area (Å²) >= 11 is 0.974. The molecule has 0 saturated carbocycles. The molecular formula is C29H29F2N9O2S. The average molecular weight is 606 g/mol. The number of nitrogens with zero attached hydrogens (tertiary/aromatic N) is 6. The van der Waals surface area contributed by atoms with E-state index in [0.29, 0.717) is 37.4 Å². The number of aromatic amines is 1. The van der Waals surface area contributed by atoms with Crippen molar-refractivity contribution in [2.24, 2.45) is 0 Å². The van der Waals surface area contributed by atoms with Crippen LogP contribution in [0.3, 0.4) is 0 Å². The van der Waals surface area contributed by atoms with Gasteiger partial charge < -0.3 is 25.7 Å². The number of alkyl halides is 1. The van der Waals surface area contributed by atoms with Crippen molar-refractivity contribution in [3.05, 3.63) is 33.9 Å². The molecule has 2 bridgehead atoms. The Hall–Kier alpha value is -3.93. The molecule has 1 aromatic carbocycles. The van der Waals surface area contributed by atoms with Crippen molar-refractivity contribution in [2.45, 2.75) is 55.9 Å². The lowest BCUT2D eigenvalue weighted by Crippen LogP contribution is -2.51. The van der Waals surface area contributed by atoms with Gasteiger partial charge >= 0.3 is 6.01 Å². The summed E-state index contributed by atoms with van der Waals surface area (Å²) in [7, 11) is 0. The van der Waals surface area contributed by atoms with E-state index >= 15 is 0 Å². The van der Waals surface area contributed by atoms with Crippen LogP contribution < -0.4 is 26.1 Å². The van der Waals surface area contributed by atoms with E-state index in [-0.39, 0.29) is 62.4 Å². The SMILES string of the molecule is N#Cc1[nH]c2c(N3CC4CCC(C3)N4)nc(OC[C@@]34CCCN3C[C@H](F)C4)nc2c(=O)c1-c1ccc(F)c2sc(N)nc12. The Bertz CT molecular complexity index is 1880. The number of thiazole rings is 1. The van der Waals surface area contributed by atoms with Crippen molar-refractivity contribution < 1.29 is 13.5 Å². The Kier molecular flexibility index (Phi) is 6.08. The number of hydrogen-bond donors (Lipinski definition) is 3. The maximum Gasteiger partial charge on any atom is 0.319 e. The zero-order chi connectivity index (χ0) is 29.5. The average Bonchev–Trinajstić information content (AvgIpc) is 3.74. The highest BCUT2D eigenvalue weighted by atomic mass is 32.1. The summed E-state index contributed by atoms with van der Waals surface area (Å²) in [5, 5.41) is 13.9. The molecule has 4 atom stereocenters. The van der Waals surface area contributed by atoms with Gasteiger partial charge in [0.05, 0.1) is 21.3 Å². The third-order valence-corrected chi connectivity index (χ3v) is 10.3. The zero-order valence-electron chi connectivity index (χ0n) is 23.2. The Labute approximate surface area is 248 Å². The molecule has 14 heteroatoms. The highest BCUT2D eigenvalue weighted by Gasteiger charge is 2.49. The molecule has 4 aromatic rings. The van der Waals surface area contributed by atoms with Crippen LogP contribution in [-0.4, -0.2) is 81.4 Å². The minimum atomic E-state index is -0.907. The molecule has 0 aliphatic carbocycles. The van der Waals surface area contributed by atoms with Crippen molar-refractivity contribution >= 4 is 43.5 Å². The fourth-order valence-electron chi connectivity index (χ4n) is 7.57. The lowest BCUT2D eigenvalue weighted by molar-refractivity contribution is 0.107. The topological polar surface area (TPSA) is 149 Å². The molecule has 43 heavy (non-hydrogen) atoms. The normalized spacial score (nSPS) is 26.8. The molecule has 222 valence electrons. The van der Waals surface area contributed by atoms with Gasteiger partial charge in [-0.25, -0.2) is 13.8 Å². The number of rotatable bonds is 5. The lowest BCUT2D eigenvalue weighted by Gasteiger charge is -2.34. The predicted molar refractivity (Wildman–Crippen MR) is 159 cm³/mol. The van der Waals surface area contributed by atoms with Crippen LogP contribution in [0, 0.1) is 17.1 Å². The number of hydrogen-bond acceptors (Lipinski definition) is 11. The van der Waals surface area contributed by atoms with E-state index in [9.17, 15) is 18.8 Å². The van der Waals surface area contributed by atoms with E-state index in [1.54, 1.807) is 0 Å². The summed E-state index contributed by atoms with van der Waals surface area (Å²) in [5.74, 6) is -0.0312. The fraction of sp³-hybridized carbons (Fsp3) is 0.483. The van der Waals surface area contributed by atoms with Crippen molar-refractivity contribution in [1.82, 2.24) is 30.2 Å². The van der Waals surface area contributed by atoms with E-state index in [1.807, 2.05) is 0 Å². The first-order chi connectivity index (χ1) is 20.8. The number of piperazine rings is 1. The van der Waals surface area contributed by atoms with E-state index < -0.39 is 23.0 Å². The van der Waals surface area contributed by atoms with Gasteiger partial charge in [0.2, 0.25) is 5.43 Å². The molecule has 4 aliphatic heterocycles. The number of nitriles is 1. The number of fused-ring (bicyclic) bond motifs is 5. The standard InChI is InChI=1S/C29H29F2N9O2S/c30-14-8-29(6-1-7-40(29)10-14)13-42-28-37-22-23(26(38-28)39-11-15-2-3-16(12-39)34-15)35-19(9-32)20(24(22)41)17-4-5-18(31)25-21(17)36-27(33)43-25/h4-5,14-16,34H,1-3,6-8,10-13H2,(H2,33,36)(H,35,41)/t14-,15?,16?,29+/m1/s1. The van der Waals surface area contributed by atoms with Crippen LogP contribution in [-0.2, 0) is 0 Å². The van der Waals surface area contributed by atoms with Gasteiger partial charge in [-0.3, -0.25) is 9.69 Å². The Morgan fingerprint density at radius 2 is 2.00 bits per heavy atom. The largest absolute Gasteiger partial charge is 0.461 e. The number of nitrogens with two attached hydrogens (primary N) is 1. The number of ether oxygens (including phenoxy) is 1. The summed E-state index contributed by atoms with van der Waals surface area (Å²) in [6.07, 6.45) is 3.35. The number of anilines is 2. The molecule has 4 aliphatic rings. The molecule has 8 rings (SSSR count). The Balaban J connectivity index is 1.29. The minimum absolute atomic E-state index is 0.00552. The first-order valence-corrected chi connectivity index (χ1v) is 15.4. The van der Waals surface area contributed by atoms with Gasteiger partial charge in [0, 0.05) is 43.7 Å². The third-order valence-electron chi connectivity index (χ3n) is 9.45. The number of pyridine rings is 1. The first-order valence-electron chi connectivity index (χ1n) is 14.6. The van der Waals surface area contributed by atoms with Crippen molar-refractivity contribution in [1.29, 1.82) is 5.26 Å². The first kappa shape index (κ1) is 26.7. The van der Waals surface area contributed by atoms with Crippen LogP contribution in [0.4, 0.5) is 19.7 Å². The quantitative estimate of drug-likeness (QED) is 0.310. The highest BCUT2D eigenvalue weighted by molar-refractivity contribution is 7.22. The zero-order valence-corrected chi connectivity index (χ0v) is 24.0. The van der Waals surface area contributed by atoms with Crippen molar-refractivity contribution in [3.63, 3.8) is 0 Å². The number of benzene rings is 1.